The van der Waals surface area contributed by atoms with E-state index in [1.54, 1.807) is 12.1 Å². The monoisotopic (exact) mass is 648 g/mol. The molecule has 0 aliphatic rings. The highest BCUT2D eigenvalue weighted by molar-refractivity contribution is 6.01. The molecule has 0 aliphatic heterocycles. The van der Waals surface area contributed by atoms with Crippen LogP contribution in [0.3, 0.4) is 0 Å². The van der Waals surface area contributed by atoms with Gasteiger partial charge in [0.25, 0.3) is 22.7 Å². The number of amides is 2. The number of aromatic nitrogens is 3. The molecule has 47 heavy (non-hydrogen) atoms. The number of primary amides is 1. The zero-order chi connectivity index (χ0) is 33.7. The highest BCUT2D eigenvalue weighted by Gasteiger charge is 2.22. The smallest absolute Gasteiger partial charge is 0.354 e. The summed E-state index contributed by atoms with van der Waals surface area (Å²) in [4.78, 5) is 73.5. The van der Waals surface area contributed by atoms with Gasteiger partial charge >= 0.3 is 11.9 Å². The molecule has 17 heteroatoms. The maximum absolute atomic E-state index is 14.1. The zero-order valence-electron chi connectivity index (χ0n) is 23.9. The molecule has 2 aromatic heterocycles. The summed E-state index contributed by atoms with van der Waals surface area (Å²) in [5.41, 5.74) is 14.4. The highest BCUT2D eigenvalue weighted by atomic mass is 19.1. The number of hydrogen-bond acceptors (Lipinski definition) is 12. The molecule has 16 nitrogen and oxygen atoms in total. The number of halogens is 1. The van der Waals surface area contributed by atoms with Gasteiger partial charge in [-0.05, 0) is 35.4 Å². The lowest BCUT2D eigenvalue weighted by molar-refractivity contribution is 0.0599. The Bertz CT molecular complexity index is 2070. The van der Waals surface area contributed by atoms with Crippen molar-refractivity contribution in [2.24, 2.45) is 11.5 Å². The van der Waals surface area contributed by atoms with Gasteiger partial charge in [-0.15, -0.1) is 0 Å². The van der Waals surface area contributed by atoms with E-state index < -0.39 is 40.2 Å². The van der Waals surface area contributed by atoms with Crippen molar-refractivity contribution in [3.05, 3.63) is 115 Å². The Morgan fingerprint density at radius 3 is 2.26 bits per heavy atom. The summed E-state index contributed by atoms with van der Waals surface area (Å²) in [6.07, 6.45) is 1.04. The van der Waals surface area contributed by atoms with Crippen LogP contribution in [0.4, 0.5) is 21.5 Å². The van der Waals surface area contributed by atoms with Crippen LogP contribution in [0.2, 0.25) is 0 Å². The third kappa shape index (κ3) is 7.43. The summed E-state index contributed by atoms with van der Waals surface area (Å²) in [6.45, 7) is 0.341. The molecule has 3 aromatic carbocycles. The zero-order valence-corrected chi connectivity index (χ0v) is 23.9. The lowest BCUT2D eigenvalue weighted by Gasteiger charge is -2.12. The number of nitrogens with one attached hydrogen (secondary N) is 2. The van der Waals surface area contributed by atoms with E-state index in [1.165, 1.54) is 19.2 Å². The lowest BCUT2D eigenvalue weighted by atomic mass is 10.1. The van der Waals surface area contributed by atoms with Crippen LogP contribution in [0.25, 0.3) is 5.65 Å². The van der Waals surface area contributed by atoms with Gasteiger partial charge in [-0.25, -0.2) is 23.5 Å². The Labute approximate surface area is 264 Å². The Morgan fingerprint density at radius 1 is 1.02 bits per heavy atom. The van der Waals surface area contributed by atoms with Crippen molar-refractivity contribution < 1.29 is 33.4 Å². The fraction of sp³-hybridized carbons (Fsp3) is 0.133. The molecule has 5 rings (SSSR count). The highest BCUT2D eigenvalue weighted by Crippen LogP contribution is 2.22. The fourth-order valence-corrected chi connectivity index (χ4v) is 4.02. The number of hydrogen-bond donors (Lipinski definition) is 6. The van der Waals surface area contributed by atoms with E-state index in [4.69, 9.17) is 17.2 Å². The molecule has 0 bridgehead atoms. The molecular formula is C30H29FN8O8. The Balaban J connectivity index is 0.000000391. The average molecular weight is 649 g/mol. The first-order valence-electron chi connectivity index (χ1n) is 13.1. The second-order valence-corrected chi connectivity index (χ2v) is 9.45. The molecule has 0 aliphatic carbocycles. The molecule has 2 heterocycles. The lowest BCUT2D eigenvalue weighted by Crippen LogP contribution is -2.36. The largest absolute Gasteiger partial charge is 0.477 e. The van der Waals surface area contributed by atoms with Gasteiger partial charge in [0, 0.05) is 19.2 Å². The summed E-state index contributed by atoms with van der Waals surface area (Å²) in [7, 11) is 1.36. The van der Waals surface area contributed by atoms with Crippen molar-refractivity contribution in [1.82, 2.24) is 19.9 Å². The molecular weight excluding hydrogens is 619 g/mol. The minimum atomic E-state index is -1.42. The van der Waals surface area contributed by atoms with E-state index in [0.29, 0.717) is 17.7 Å². The summed E-state index contributed by atoms with van der Waals surface area (Å²) in [6, 6.07) is 11.7. The summed E-state index contributed by atoms with van der Waals surface area (Å²) in [5.74, 6) is -4.19. The molecule has 0 radical (unpaired) electrons. The number of carbonyl (C=O) groups excluding carboxylic acids is 3. The third-order valence-corrected chi connectivity index (χ3v) is 6.49. The normalized spacial score (nSPS) is 10.4. The van der Waals surface area contributed by atoms with Crippen molar-refractivity contribution in [1.29, 1.82) is 0 Å². The number of carbonyl (C=O) groups is 4. The van der Waals surface area contributed by atoms with E-state index in [2.05, 4.69) is 25.5 Å². The summed E-state index contributed by atoms with van der Waals surface area (Å²) >= 11 is 0. The van der Waals surface area contributed by atoms with Gasteiger partial charge in [-0.3, -0.25) is 19.2 Å². The number of rotatable bonds is 9. The van der Waals surface area contributed by atoms with Crippen molar-refractivity contribution >= 4 is 46.5 Å². The number of fused-ring (bicyclic) bond motifs is 1. The van der Waals surface area contributed by atoms with Gasteiger partial charge in [0.15, 0.2) is 11.3 Å². The molecule has 0 fully saturated rings. The minimum Gasteiger partial charge on any atom is -0.477 e. The standard InChI is InChI=1S/C20H14FN7O6.C9H11NO2.CH4/c21-9-2-1-7(3-10(9)26-14-13(22)15(29)16(14)30)5-24-19(32)11-4-12(20(33)34)28-18(27-11)8(6-25-28)17(23)31;1-12-9(11)8-4-2-7(6-10)3-5-8;/h1-4,6,26H,5,22H2,(H2,23,31)(H,24,32)(H,33,34);2-5H,6,10H2,1H3;1H4. The average Bonchev–Trinajstić information content (AvgIpc) is 3.50. The van der Waals surface area contributed by atoms with Crippen LogP contribution in [0.15, 0.2) is 64.3 Å². The first kappa shape index (κ1) is 35.0. The Morgan fingerprint density at radius 2 is 1.68 bits per heavy atom. The number of nitrogens with zero attached hydrogens (tertiary/aromatic N) is 3. The predicted octanol–water partition coefficient (Wildman–Crippen LogP) is 1.09. The van der Waals surface area contributed by atoms with Crippen molar-refractivity contribution in [3.63, 3.8) is 0 Å². The number of ether oxygens (including phenoxy) is 1. The van der Waals surface area contributed by atoms with E-state index >= 15 is 0 Å². The van der Waals surface area contributed by atoms with Crippen LogP contribution in [-0.2, 0) is 17.8 Å². The summed E-state index contributed by atoms with van der Waals surface area (Å²) < 4.78 is 19.5. The number of carboxylic acids is 1. The van der Waals surface area contributed by atoms with E-state index in [0.717, 1.165) is 28.4 Å². The number of methoxy groups -OCH3 is 1. The summed E-state index contributed by atoms with van der Waals surface area (Å²) in [5, 5.41) is 18.1. The molecule has 0 spiro atoms. The van der Waals surface area contributed by atoms with E-state index in [-0.39, 0.29) is 53.9 Å². The number of carboxylic acid groups (broad SMARTS) is 1. The molecule has 0 unspecified atom stereocenters. The van der Waals surface area contributed by atoms with Crippen molar-refractivity contribution in [3.8, 4) is 0 Å². The SMILES string of the molecule is C.COC(=O)c1ccc(CN)cc1.NC(=O)c1cnn2c(C(=O)O)cc(C(=O)NCc3ccc(F)c(Nc4c(N)c(=O)c4=O)c3)nc12. The van der Waals surface area contributed by atoms with E-state index in [1.807, 2.05) is 12.1 Å². The molecule has 2 amide bonds. The van der Waals surface area contributed by atoms with Gasteiger partial charge in [-0.1, -0.05) is 25.6 Å². The van der Waals surface area contributed by atoms with Crippen LogP contribution in [0.1, 0.15) is 60.2 Å². The fourth-order valence-electron chi connectivity index (χ4n) is 4.02. The van der Waals surface area contributed by atoms with Gasteiger partial charge in [0.05, 0.1) is 24.6 Å². The molecule has 0 atom stereocenters. The van der Waals surface area contributed by atoms with Crippen LogP contribution >= 0.6 is 0 Å². The van der Waals surface area contributed by atoms with Gasteiger partial charge in [0.2, 0.25) is 0 Å². The van der Waals surface area contributed by atoms with Crippen molar-refractivity contribution in [2.75, 3.05) is 18.2 Å². The number of nitrogen functional groups attached to an aromatic ring is 1. The van der Waals surface area contributed by atoms with Crippen LogP contribution in [0.5, 0.6) is 0 Å². The first-order chi connectivity index (χ1) is 21.9. The maximum atomic E-state index is 14.1. The Kier molecular flexibility index (Phi) is 10.8. The molecule has 0 saturated heterocycles. The number of nitrogens with two attached hydrogens (primary N) is 3. The van der Waals surface area contributed by atoms with Gasteiger partial charge < -0.3 is 37.7 Å². The molecule has 0 saturated carbocycles. The van der Waals surface area contributed by atoms with Crippen LogP contribution < -0.4 is 38.7 Å². The van der Waals surface area contributed by atoms with Gasteiger partial charge in [-0.2, -0.15) is 5.10 Å². The van der Waals surface area contributed by atoms with Crippen LogP contribution in [0, 0.1) is 5.82 Å². The second kappa shape index (κ2) is 14.5. The van der Waals surface area contributed by atoms with E-state index in [9.17, 15) is 38.3 Å². The number of anilines is 3. The first-order valence-corrected chi connectivity index (χ1v) is 13.1. The Hall–Kier alpha value is -6.49. The van der Waals surface area contributed by atoms with Crippen LogP contribution in [-0.4, -0.2) is 50.6 Å². The minimum absolute atomic E-state index is 0. The quantitative estimate of drug-likeness (QED) is 0.0966. The number of esters is 1. The third-order valence-electron chi connectivity index (χ3n) is 6.49. The second-order valence-electron chi connectivity index (χ2n) is 9.45. The van der Waals surface area contributed by atoms with Crippen molar-refractivity contribution in [2.45, 2.75) is 20.5 Å². The topological polar surface area (TPSA) is 264 Å². The molecule has 9 N–H and O–H groups in total. The number of benzene rings is 2. The number of aromatic carboxylic acids is 1. The molecule has 244 valence electrons. The predicted molar refractivity (Wildman–Crippen MR) is 167 cm³/mol. The van der Waals surface area contributed by atoms with Gasteiger partial charge in [0.1, 0.15) is 28.4 Å². The maximum Gasteiger partial charge on any atom is 0.354 e. The molecule has 5 aromatic rings.